The molecule has 0 N–H and O–H groups in total. The van der Waals surface area contributed by atoms with Gasteiger partial charge in [0, 0.05) is 23.3 Å². The Bertz CT molecular complexity index is 555. The SMILES string of the molecule is O=C(ON1C(=O)CCC1=O)C(c1ccccc1)[N+](=O)[O-]. The molecule has 1 aliphatic rings. The van der Waals surface area contributed by atoms with E-state index in [2.05, 4.69) is 4.84 Å². The van der Waals surface area contributed by atoms with Crippen LogP contribution in [0.5, 0.6) is 0 Å². The molecule has 1 aliphatic heterocycles. The molecular formula is C12H10N2O6. The van der Waals surface area contributed by atoms with Gasteiger partial charge in [-0.3, -0.25) is 19.7 Å². The number of carbonyl (C=O) groups excluding carboxylic acids is 3. The Kier molecular flexibility index (Phi) is 3.74. The second kappa shape index (κ2) is 5.47. The molecule has 0 radical (unpaired) electrons. The van der Waals surface area contributed by atoms with E-state index in [1.165, 1.54) is 24.3 Å². The predicted molar refractivity (Wildman–Crippen MR) is 63.4 cm³/mol. The second-order valence-corrected chi connectivity index (χ2v) is 4.09. The van der Waals surface area contributed by atoms with Crippen LogP contribution < -0.4 is 0 Å². The molecule has 1 aromatic carbocycles. The van der Waals surface area contributed by atoms with Crippen molar-refractivity contribution >= 4 is 17.8 Å². The first-order valence-electron chi connectivity index (χ1n) is 5.76. The molecule has 0 aromatic heterocycles. The second-order valence-electron chi connectivity index (χ2n) is 4.09. The zero-order valence-corrected chi connectivity index (χ0v) is 10.2. The maximum Gasteiger partial charge on any atom is 0.412 e. The highest BCUT2D eigenvalue weighted by Crippen LogP contribution is 2.20. The van der Waals surface area contributed by atoms with Crippen molar-refractivity contribution in [3.8, 4) is 0 Å². The van der Waals surface area contributed by atoms with Crippen LogP contribution in [0.3, 0.4) is 0 Å². The molecule has 20 heavy (non-hydrogen) atoms. The molecule has 8 heteroatoms. The van der Waals surface area contributed by atoms with Gasteiger partial charge in [-0.1, -0.05) is 30.3 Å². The third-order valence-corrected chi connectivity index (χ3v) is 2.74. The van der Waals surface area contributed by atoms with Crippen LogP contribution in [0.25, 0.3) is 0 Å². The van der Waals surface area contributed by atoms with Crippen molar-refractivity contribution in [2.24, 2.45) is 0 Å². The van der Waals surface area contributed by atoms with Crippen LogP contribution in [0, 0.1) is 10.1 Å². The number of hydrogen-bond donors (Lipinski definition) is 0. The first-order valence-corrected chi connectivity index (χ1v) is 5.76. The fourth-order valence-corrected chi connectivity index (χ4v) is 1.78. The Hall–Kier alpha value is -2.77. The number of imide groups is 1. The number of hydrogen-bond acceptors (Lipinski definition) is 6. The van der Waals surface area contributed by atoms with Crippen LogP contribution >= 0.6 is 0 Å². The van der Waals surface area contributed by atoms with E-state index in [1.54, 1.807) is 6.07 Å². The van der Waals surface area contributed by atoms with Gasteiger partial charge in [0.05, 0.1) is 0 Å². The molecular weight excluding hydrogens is 268 g/mol. The fourth-order valence-electron chi connectivity index (χ4n) is 1.78. The summed E-state index contributed by atoms with van der Waals surface area (Å²) in [7, 11) is 0. The van der Waals surface area contributed by atoms with Gasteiger partial charge in [-0.2, -0.15) is 0 Å². The van der Waals surface area contributed by atoms with Gasteiger partial charge >= 0.3 is 12.0 Å². The van der Waals surface area contributed by atoms with Gasteiger partial charge in [0.15, 0.2) is 0 Å². The summed E-state index contributed by atoms with van der Waals surface area (Å²) in [6.45, 7) is 0. The smallest absolute Gasteiger partial charge is 0.323 e. The highest BCUT2D eigenvalue weighted by Gasteiger charge is 2.40. The number of amides is 2. The lowest BCUT2D eigenvalue weighted by atomic mass is 10.1. The van der Waals surface area contributed by atoms with Crippen molar-refractivity contribution in [1.29, 1.82) is 0 Å². The van der Waals surface area contributed by atoms with Crippen molar-refractivity contribution in [3.63, 3.8) is 0 Å². The Balaban J connectivity index is 2.19. The van der Waals surface area contributed by atoms with Crippen molar-refractivity contribution in [3.05, 3.63) is 46.0 Å². The maximum atomic E-state index is 11.8. The van der Waals surface area contributed by atoms with Gasteiger partial charge in [-0.25, -0.2) is 4.79 Å². The summed E-state index contributed by atoms with van der Waals surface area (Å²) < 4.78 is 0. The maximum absolute atomic E-state index is 11.8. The summed E-state index contributed by atoms with van der Waals surface area (Å²) in [5.41, 5.74) is 0.113. The van der Waals surface area contributed by atoms with E-state index in [4.69, 9.17) is 0 Å². The number of nitrogens with zero attached hydrogens (tertiary/aromatic N) is 2. The summed E-state index contributed by atoms with van der Waals surface area (Å²) >= 11 is 0. The molecule has 1 fully saturated rings. The van der Waals surface area contributed by atoms with Crippen LogP contribution in [-0.2, 0) is 19.2 Å². The van der Waals surface area contributed by atoms with Crippen LogP contribution in [0.2, 0.25) is 0 Å². The van der Waals surface area contributed by atoms with Crippen LogP contribution in [0.1, 0.15) is 24.4 Å². The zero-order valence-electron chi connectivity index (χ0n) is 10.2. The fraction of sp³-hybridized carbons (Fsp3) is 0.250. The molecule has 104 valence electrons. The molecule has 0 aliphatic carbocycles. The quantitative estimate of drug-likeness (QED) is 0.453. The van der Waals surface area contributed by atoms with E-state index >= 15 is 0 Å². The van der Waals surface area contributed by atoms with Gasteiger partial charge in [0.2, 0.25) is 0 Å². The van der Waals surface area contributed by atoms with Crippen molar-refractivity contribution < 1.29 is 24.1 Å². The highest BCUT2D eigenvalue weighted by molar-refractivity contribution is 6.01. The van der Waals surface area contributed by atoms with Gasteiger partial charge in [-0.15, -0.1) is 5.06 Å². The minimum absolute atomic E-state index is 0.0689. The van der Waals surface area contributed by atoms with Gasteiger partial charge in [-0.05, 0) is 0 Å². The Morgan fingerprint density at radius 1 is 1.20 bits per heavy atom. The monoisotopic (exact) mass is 278 g/mol. The first kappa shape index (κ1) is 13.7. The molecule has 1 saturated heterocycles. The van der Waals surface area contributed by atoms with Crippen LogP contribution in [0.15, 0.2) is 30.3 Å². The lowest BCUT2D eigenvalue weighted by Gasteiger charge is -2.14. The molecule has 2 rings (SSSR count). The van der Waals surface area contributed by atoms with E-state index in [0.717, 1.165) is 0 Å². The van der Waals surface area contributed by atoms with Gasteiger partial charge in [0.1, 0.15) is 0 Å². The number of nitro groups is 1. The number of benzene rings is 1. The molecule has 1 atom stereocenters. The minimum atomic E-state index is -1.78. The standard InChI is InChI=1S/C12H10N2O6/c15-9-6-7-10(16)13(9)20-12(17)11(14(18)19)8-4-2-1-3-5-8/h1-5,11H,6-7H2. The molecule has 1 aromatic rings. The van der Waals surface area contributed by atoms with Crippen molar-refractivity contribution in [2.45, 2.75) is 18.9 Å². The molecule has 0 saturated carbocycles. The Morgan fingerprint density at radius 3 is 2.25 bits per heavy atom. The summed E-state index contributed by atoms with van der Waals surface area (Å²) in [5.74, 6) is -2.64. The Labute approximate surface area is 113 Å². The average Bonchev–Trinajstić information content (AvgIpc) is 2.71. The summed E-state index contributed by atoms with van der Waals surface area (Å²) in [6, 6.07) is 5.71. The lowest BCUT2D eigenvalue weighted by Crippen LogP contribution is -2.35. The number of rotatable bonds is 4. The predicted octanol–water partition coefficient (Wildman–Crippen LogP) is 0.612. The first-order chi connectivity index (χ1) is 9.50. The van der Waals surface area contributed by atoms with E-state index in [9.17, 15) is 24.5 Å². The lowest BCUT2D eigenvalue weighted by molar-refractivity contribution is -0.517. The molecule has 1 heterocycles. The van der Waals surface area contributed by atoms with Gasteiger partial charge in [0.25, 0.3) is 11.8 Å². The number of carbonyl (C=O) groups is 3. The van der Waals surface area contributed by atoms with E-state index in [0.29, 0.717) is 5.06 Å². The molecule has 0 spiro atoms. The average molecular weight is 278 g/mol. The third-order valence-electron chi connectivity index (χ3n) is 2.74. The molecule has 8 nitrogen and oxygen atoms in total. The normalized spacial score (nSPS) is 16.1. The zero-order chi connectivity index (χ0) is 14.7. The topological polar surface area (TPSA) is 107 Å². The van der Waals surface area contributed by atoms with Crippen LogP contribution in [0.4, 0.5) is 0 Å². The van der Waals surface area contributed by atoms with Crippen molar-refractivity contribution in [2.75, 3.05) is 0 Å². The highest BCUT2D eigenvalue weighted by atomic mass is 16.7. The third kappa shape index (κ3) is 2.63. The summed E-state index contributed by atoms with van der Waals surface area (Å²) in [5, 5.41) is 11.3. The van der Waals surface area contributed by atoms with E-state index in [-0.39, 0.29) is 18.4 Å². The molecule has 1 unspecified atom stereocenters. The number of hydroxylamine groups is 2. The molecule has 2 amide bonds. The van der Waals surface area contributed by atoms with Crippen LogP contribution in [-0.4, -0.2) is 27.8 Å². The largest absolute Gasteiger partial charge is 0.412 e. The minimum Gasteiger partial charge on any atom is -0.323 e. The molecule has 0 bridgehead atoms. The summed E-state index contributed by atoms with van der Waals surface area (Å²) in [6.07, 6.45) is -0.138. The van der Waals surface area contributed by atoms with Gasteiger partial charge < -0.3 is 4.84 Å². The van der Waals surface area contributed by atoms with E-state index in [1.807, 2.05) is 0 Å². The Morgan fingerprint density at radius 2 is 1.75 bits per heavy atom. The van der Waals surface area contributed by atoms with Crippen molar-refractivity contribution in [1.82, 2.24) is 5.06 Å². The summed E-state index contributed by atoms with van der Waals surface area (Å²) in [4.78, 5) is 49.2. The van der Waals surface area contributed by atoms with E-state index < -0.39 is 28.7 Å².